The average molecular weight is 271 g/mol. The van der Waals surface area contributed by atoms with Gasteiger partial charge in [0.05, 0.1) is 0 Å². The van der Waals surface area contributed by atoms with Gasteiger partial charge in [0.2, 0.25) is 4.45 Å². The van der Waals surface area contributed by atoms with Crippen molar-refractivity contribution >= 4 is 33.9 Å². The molecule has 0 saturated heterocycles. The van der Waals surface area contributed by atoms with E-state index < -0.39 is 11.2 Å². The predicted octanol–water partition coefficient (Wildman–Crippen LogP) is 2.18. The van der Waals surface area contributed by atoms with E-state index in [1.165, 1.54) is 0 Å². The second-order valence-electron chi connectivity index (χ2n) is 3.20. The van der Waals surface area contributed by atoms with Crippen molar-refractivity contribution in [1.82, 2.24) is 0 Å². The summed E-state index contributed by atoms with van der Waals surface area (Å²) in [4.78, 5) is 22.2. The van der Waals surface area contributed by atoms with Gasteiger partial charge in [0.25, 0.3) is 0 Å². The molecule has 0 spiro atoms. The average Bonchev–Trinajstić information content (AvgIpc) is 2.34. The van der Waals surface area contributed by atoms with Gasteiger partial charge in [-0.25, -0.2) is 0 Å². The number of benzene rings is 1. The summed E-state index contributed by atoms with van der Waals surface area (Å²) in [5.74, 6) is -0.505. The highest BCUT2D eigenvalue weighted by Gasteiger charge is 2.20. The maximum absolute atomic E-state index is 11.5. The Labute approximate surface area is 108 Å². The third-order valence-electron chi connectivity index (χ3n) is 1.93. The molecule has 6 heteroatoms. The van der Waals surface area contributed by atoms with E-state index in [-0.39, 0.29) is 11.0 Å². The van der Waals surface area contributed by atoms with Crippen molar-refractivity contribution in [1.29, 1.82) is 0 Å². The summed E-state index contributed by atoms with van der Waals surface area (Å²) in [6, 6.07) is 9.53. The zero-order chi connectivity index (χ0) is 12.7. The van der Waals surface area contributed by atoms with Gasteiger partial charge < -0.3 is 10.8 Å². The first-order valence-corrected chi connectivity index (χ1v) is 6.80. The highest BCUT2D eigenvalue weighted by molar-refractivity contribution is 8.38. The molecule has 0 amide bonds. The summed E-state index contributed by atoms with van der Waals surface area (Å²) >= 11 is 1.87. The number of carboxylic acids is 1. The van der Waals surface area contributed by atoms with E-state index >= 15 is 0 Å². The van der Waals surface area contributed by atoms with Crippen LogP contribution in [0.5, 0.6) is 0 Å². The lowest BCUT2D eigenvalue weighted by Crippen LogP contribution is -2.26. The van der Waals surface area contributed by atoms with Gasteiger partial charge in [-0.2, -0.15) is 0 Å². The van der Waals surface area contributed by atoms with Gasteiger partial charge in [0.1, 0.15) is 5.25 Å². The zero-order valence-corrected chi connectivity index (χ0v) is 10.7. The molecule has 0 aromatic heterocycles. The van der Waals surface area contributed by atoms with Crippen molar-refractivity contribution in [2.24, 2.45) is 5.73 Å². The standard InChI is InChI=1S/C11H13NO3S2/c12-6-9(10(13)14)17-11(15)16-7-8-4-2-1-3-5-8/h1-5,9H,6-7,12H2,(H,13,14). The van der Waals surface area contributed by atoms with Gasteiger partial charge in [-0.15, -0.1) is 0 Å². The van der Waals surface area contributed by atoms with Gasteiger partial charge >= 0.3 is 5.97 Å². The fourth-order valence-corrected chi connectivity index (χ4v) is 2.77. The normalized spacial score (nSPS) is 12.1. The molecule has 92 valence electrons. The molecule has 0 aliphatic rings. The van der Waals surface area contributed by atoms with Crippen LogP contribution >= 0.6 is 23.5 Å². The third-order valence-corrected chi connectivity index (χ3v) is 4.15. The molecule has 17 heavy (non-hydrogen) atoms. The molecular weight excluding hydrogens is 258 g/mol. The first-order valence-electron chi connectivity index (χ1n) is 4.93. The van der Waals surface area contributed by atoms with Gasteiger partial charge in [0, 0.05) is 12.3 Å². The Morgan fingerprint density at radius 1 is 1.29 bits per heavy atom. The maximum Gasteiger partial charge on any atom is 0.318 e. The molecule has 0 radical (unpaired) electrons. The Morgan fingerprint density at radius 3 is 2.47 bits per heavy atom. The number of rotatable bonds is 5. The monoisotopic (exact) mass is 271 g/mol. The van der Waals surface area contributed by atoms with E-state index in [9.17, 15) is 9.59 Å². The highest BCUT2D eigenvalue weighted by atomic mass is 32.2. The van der Waals surface area contributed by atoms with Gasteiger partial charge in [0.15, 0.2) is 0 Å². The van der Waals surface area contributed by atoms with Crippen LogP contribution in [0.1, 0.15) is 5.56 Å². The second-order valence-corrected chi connectivity index (χ2v) is 5.59. The van der Waals surface area contributed by atoms with Crippen molar-refractivity contribution in [3.8, 4) is 0 Å². The lowest BCUT2D eigenvalue weighted by Gasteiger charge is -2.07. The largest absolute Gasteiger partial charge is 0.480 e. The van der Waals surface area contributed by atoms with E-state index in [4.69, 9.17) is 10.8 Å². The predicted molar refractivity (Wildman–Crippen MR) is 71.2 cm³/mol. The van der Waals surface area contributed by atoms with Crippen molar-refractivity contribution in [2.45, 2.75) is 11.0 Å². The van der Waals surface area contributed by atoms with Crippen molar-refractivity contribution < 1.29 is 14.7 Å². The zero-order valence-electron chi connectivity index (χ0n) is 9.04. The van der Waals surface area contributed by atoms with E-state index in [0.717, 1.165) is 29.1 Å². The first-order chi connectivity index (χ1) is 8.13. The fraction of sp³-hybridized carbons (Fsp3) is 0.273. The SMILES string of the molecule is NCC(SC(=O)SCc1ccccc1)C(=O)O. The number of carbonyl (C=O) groups is 2. The fourth-order valence-electron chi connectivity index (χ4n) is 1.07. The Morgan fingerprint density at radius 2 is 1.94 bits per heavy atom. The summed E-state index contributed by atoms with van der Waals surface area (Å²) < 4.78 is -0.216. The Balaban J connectivity index is 2.37. The summed E-state index contributed by atoms with van der Waals surface area (Å²) in [6.07, 6.45) is 0. The number of carboxylic acid groups (broad SMARTS) is 1. The number of carbonyl (C=O) groups excluding carboxylic acids is 1. The van der Waals surface area contributed by atoms with Crippen LogP contribution in [0.3, 0.4) is 0 Å². The smallest absolute Gasteiger partial charge is 0.318 e. The molecule has 1 atom stereocenters. The van der Waals surface area contributed by atoms with Crippen LogP contribution in [0.25, 0.3) is 0 Å². The van der Waals surface area contributed by atoms with Gasteiger partial charge in [-0.05, 0) is 5.56 Å². The molecule has 0 fully saturated rings. The third kappa shape index (κ3) is 5.25. The molecule has 0 aliphatic carbocycles. The molecule has 3 N–H and O–H groups in total. The minimum atomic E-state index is -1.05. The molecule has 0 heterocycles. The van der Waals surface area contributed by atoms with Crippen molar-refractivity contribution in [3.63, 3.8) is 0 Å². The molecule has 0 saturated carbocycles. The van der Waals surface area contributed by atoms with E-state index in [0.29, 0.717) is 5.75 Å². The van der Waals surface area contributed by atoms with Crippen LogP contribution in [0.4, 0.5) is 4.79 Å². The molecule has 1 rings (SSSR count). The van der Waals surface area contributed by atoms with Crippen LogP contribution in [0.15, 0.2) is 30.3 Å². The highest BCUT2D eigenvalue weighted by Crippen LogP contribution is 2.24. The van der Waals surface area contributed by atoms with E-state index in [1.807, 2.05) is 30.3 Å². The number of hydrogen-bond donors (Lipinski definition) is 2. The molecule has 0 aliphatic heterocycles. The van der Waals surface area contributed by atoms with Gasteiger partial charge in [-0.3, -0.25) is 9.59 Å². The quantitative estimate of drug-likeness (QED) is 0.854. The number of thioether (sulfide) groups is 2. The van der Waals surface area contributed by atoms with E-state index in [2.05, 4.69) is 0 Å². The Hall–Kier alpha value is -0.980. The van der Waals surface area contributed by atoms with Gasteiger partial charge in [-0.1, -0.05) is 53.9 Å². The summed E-state index contributed by atoms with van der Waals surface area (Å²) in [5.41, 5.74) is 6.30. The minimum absolute atomic E-state index is 0.0440. The summed E-state index contributed by atoms with van der Waals surface area (Å²) in [7, 11) is 0. The Bertz CT molecular complexity index is 384. The molecule has 1 aromatic carbocycles. The summed E-state index contributed by atoms with van der Waals surface area (Å²) in [5, 5.41) is 7.89. The second kappa shape index (κ2) is 7.37. The molecule has 1 aromatic rings. The topological polar surface area (TPSA) is 80.4 Å². The van der Waals surface area contributed by atoms with E-state index in [1.54, 1.807) is 0 Å². The lowest BCUT2D eigenvalue weighted by atomic mass is 10.2. The molecule has 4 nitrogen and oxygen atoms in total. The number of aliphatic carboxylic acids is 1. The molecule has 1 unspecified atom stereocenters. The maximum atomic E-state index is 11.5. The van der Waals surface area contributed by atoms with Crippen LogP contribution in [0, 0.1) is 0 Å². The van der Waals surface area contributed by atoms with Crippen LogP contribution < -0.4 is 5.73 Å². The molecule has 0 bridgehead atoms. The minimum Gasteiger partial charge on any atom is -0.480 e. The number of hydrogen-bond acceptors (Lipinski definition) is 5. The lowest BCUT2D eigenvalue weighted by molar-refractivity contribution is -0.136. The number of nitrogens with two attached hydrogens (primary N) is 1. The first kappa shape index (κ1) is 14.1. The van der Waals surface area contributed by atoms with Crippen LogP contribution in [0.2, 0.25) is 0 Å². The van der Waals surface area contributed by atoms with Crippen LogP contribution in [-0.2, 0) is 10.5 Å². The molecular formula is C11H13NO3S2. The Kier molecular flexibility index (Phi) is 6.10. The summed E-state index contributed by atoms with van der Waals surface area (Å²) in [6.45, 7) is -0.0440. The van der Waals surface area contributed by atoms with Crippen molar-refractivity contribution in [3.05, 3.63) is 35.9 Å². The van der Waals surface area contributed by atoms with Crippen molar-refractivity contribution in [2.75, 3.05) is 6.54 Å². The van der Waals surface area contributed by atoms with Crippen LogP contribution in [-0.4, -0.2) is 27.3 Å².